The first kappa shape index (κ1) is 21.9. The summed E-state index contributed by atoms with van der Waals surface area (Å²) in [6.07, 6.45) is 0. The van der Waals surface area contributed by atoms with Crippen molar-refractivity contribution in [2.75, 3.05) is 29.9 Å². The number of nitrogens with two attached hydrogens (primary N) is 1. The highest BCUT2D eigenvalue weighted by Gasteiger charge is 2.22. The molecule has 1 saturated heterocycles. The second-order valence-electron chi connectivity index (χ2n) is 6.16. The number of nitrogens with zero attached hydrogens (tertiary/aromatic N) is 2. The van der Waals surface area contributed by atoms with Crippen LogP contribution in [0.4, 0.5) is 14.5 Å². The molecule has 0 amide bonds. The highest BCUT2D eigenvalue weighted by atomic mass is 127. The Labute approximate surface area is 179 Å². The maximum atomic E-state index is 13.7. The Morgan fingerprint density at radius 1 is 1.22 bits per heavy atom. The van der Waals surface area contributed by atoms with Crippen LogP contribution in [0.5, 0.6) is 0 Å². The van der Waals surface area contributed by atoms with Crippen LogP contribution >= 0.6 is 35.7 Å². The fourth-order valence-corrected chi connectivity index (χ4v) is 3.98. The molecule has 1 aliphatic heterocycles. The molecule has 2 aromatic rings. The van der Waals surface area contributed by atoms with Crippen molar-refractivity contribution in [3.05, 3.63) is 65.7 Å². The number of thioether (sulfide) groups is 1. The van der Waals surface area contributed by atoms with E-state index in [2.05, 4.69) is 27.3 Å². The molecule has 0 bridgehead atoms. The molecule has 0 aliphatic carbocycles. The molecule has 0 spiro atoms. The van der Waals surface area contributed by atoms with E-state index in [-0.39, 0.29) is 41.7 Å². The van der Waals surface area contributed by atoms with Gasteiger partial charge in [0.05, 0.1) is 12.2 Å². The van der Waals surface area contributed by atoms with Crippen molar-refractivity contribution >= 4 is 47.4 Å². The molecular formula is C19H23F2IN4S. The van der Waals surface area contributed by atoms with Gasteiger partial charge in [0.25, 0.3) is 0 Å². The number of benzene rings is 2. The number of halogens is 3. The van der Waals surface area contributed by atoms with Gasteiger partial charge in [-0.1, -0.05) is 30.3 Å². The van der Waals surface area contributed by atoms with Gasteiger partial charge in [-0.15, -0.1) is 24.0 Å². The van der Waals surface area contributed by atoms with Crippen LogP contribution in [-0.4, -0.2) is 41.5 Å². The van der Waals surface area contributed by atoms with Crippen LogP contribution in [0.3, 0.4) is 0 Å². The Morgan fingerprint density at radius 2 is 2.00 bits per heavy atom. The van der Waals surface area contributed by atoms with E-state index >= 15 is 0 Å². The molecule has 0 aromatic heterocycles. The van der Waals surface area contributed by atoms with Gasteiger partial charge in [-0.25, -0.2) is 8.78 Å². The maximum Gasteiger partial charge on any atom is 0.193 e. The van der Waals surface area contributed by atoms with Crippen molar-refractivity contribution in [1.29, 1.82) is 0 Å². The average Bonchev–Trinajstić information content (AvgIpc) is 2.65. The van der Waals surface area contributed by atoms with Crippen molar-refractivity contribution in [3.8, 4) is 0 Å². The summed E-state index contributed by atoms with van der Waals surface area (Å²) in [4.78, 5) is 6.74. The fraction of sp³-hybridized carbons (Fsp3) is 0.316. The van der Waals surface area contributed by atoms with Gasteiger partial charge >= 0.3 is 0 Å². The molecule has 1 heterocycles. The molecule has 1 aliphatic rings. The smallest absolute Gasteiger partial charge is 0.193 e. The standard InChI is InChI=1S/C19H22F2N4S.HI/c20-15-6-7-17(21)18(10-15)24-19(22)23-11-16-13-26-9-8-25(16)12-14-4-2-1-3-5-14;/h1-7,10,16H,8-9,11-13H2,(H3,22,23,24);1H. The molecule has 3 N–H and O–H groups in total. The number of nitrogens with one attached hydrogen (secondary N) is 1. The molecule has 1 unspecified atom stereocenters. The van der Waals surface area contributed by atoms with Crippen LogP contribution in [-0.2, 0) is 6.54 Å². The van der Waals surface area contributed by atoms with Gasteiger partial charge in [0.2, 0.25) is 0 Å². The molecule has 1 atom stereocenters. The minimum Gasteiger partial charge on any atom is -0.370 e. The second kappa shape index (κ2) is 10.8. The molecule has 3 rings (SSSR count). The number of hydrogen-bond acceptors (Lipinski definition) is 3. The first-order valence-corrected chi connectivity index (χ1v) is 9.65. The van der Waals surface area contributed by atoms with Crippen LogP contribution in [0.15, 0.2) is 53.5 Å². The SMILES string of the molecule is I.NC(=NCC1CSCCN1Cc1ccccc1)Nc1cc(F)ccc1F. The van der Waals surface area contributed by atoms with E-state index in [0.29, 0.717) is 6.54 Å². The summed E-state index contributed by atoms with van der Waals surface area (Å²) in [6, 6.07) is 13.8. The third-order valence-electron chi connectivity index (χ3n) is 4.24. The molecule has 4 nitrogen and oxygen atoms in total. The first-order valence-electron chi connectivity index (χ1n) is 8.49. The Morgan fingerprint density at radius 3 is 2.78 bits per heavy atom. The zero-order chi connectivity index (χ0) is 18.4. The van der Waals surface area contributed by atoms with Gasteiger partial charge in [0, 0.05) is 36.7 Å². The zero-order valence-corrected chi connectivity index (χ0v) is 17.9. The van der Waals surface area contributed by atoms with E-state index in [1.807, 2.05) is 30.0 Å². The minimum atomic E-state index is -0.566. The summed E-state index contributed by atoms with van der Waals surface area (Å²) in [5.74, 6) is 1.06. The highest BCUT2D eigenvalue weighted by Crippen LogP contribution is 2.20. The summed E-state index contributed by atoms with van der Waals surface area (Å²) in [5, 5.41) is 2.64. The van der Waals surface area contributed by atoms with Gasteiger partial charge < -0.3 is 11.1 Å². The van der Waals surface area contributed by atoms with Crippen LogP contribution in [0.1, 0.15) is 5.56 Å². The number of aliphatic imine (C=N–C) groups is 1. The molecule has 1 fully saturated rings. The average molecular weight is 504 g/mol. The normalized spacial score (nSPS) is 18.0. The third-order valence-corrected chi connectivity index (χ3v) is 5.33. The van der Waals surface area contributed by atoms with Crippen LogP contribution in [0.2, 0.25) is 0 Å². The topological polar surface area (TPSA) is 53.6 Å². The van der Waals surface area contributed by atoms with E-state index in [9.17, 15) is 8.78 Å². The maximum absolute atomic E-state index is 13.7. The predicted molar refractivity (Wildman–Crippen MR) is 120 cm³/mol. The highest BCUT2D eigenvalue weighted by molar-refractivity contribution is 14.0. The van der Waals surface area contributed by atoms with Crippen molar-refractivity contribution in [2.45, 2.75) is 12.6 Å². The molecule has 0 saturated carbocycles. The molecule has 2 aromatic carbocycles. The number of guanidine groups is 1. The molecule has 0 radical (unpaired) electrons. The quantitative estimate of drug-likeness (QED) is 0.368. The zero-order valence-electron chi connectivity index (χ0n) is 14.8. The summed E-state index contributed by atoms with van der Waals surface area (Å²) in [6.45, 7) is 2.37. The Hall–Kier alpha value is -1.39. The lowest BCUT2D eigenvalue weighted by atomic mass is 10.2. The van der Waals surface area contributed by atoms with E-state index in [1.54, 1.807) is 0 Å². The summed E-state index contributed by atoms with van der Waals surface area (Å²) >= 11 is 1.90. The van der Waals surface area contributed by atoms with Crippen molar-refractivity contribution in [3.63, 3.8) is 0 Å². The van der Waals surface area contributed by atoms with Gasteiger partial charge in [-0.3, -0.25) is 9.89 Å². The lowest BCUT2D eigenvalue weighted by Gasteiger charge is -2.34. The third kappa shape index (κ3) is 6.62. The van der Waals surface area contributed by atoms with E-state index in [4.69, 9.17) is 5.73 Å². The monoisotopic (exact) mass is 504 g/mol. The van der Waals surface area contributed by atoms with E-state index in [1.165, 1.54) is 5.56 Å². The van der Waals surface area contributed by atoms with Crippen LogP contribution in [0, 0.1) is 11.6 Å². The second-order valence-corrected chi connectivity index (χ2v) is 7.31. The summed E-state index contributed by atoms with van der Waals surface area (Å²) < 4.78 is 26.9. The van der Waals surface area contributed by atoms with Crippen LogP contribution < -0.4 is 11.1 Å². The van der Waals surface area contributed by atoms with E-state index < -0.39 is 11.6 Å². The summed E-state index contributed by atoms with van der Waals surface area (Å²) in [5.41, 5.74) is 7.12. The Kier molecular flexibility index (Phi) is 8.78. The lowest BCUT2D eigenvalue weighted by Crippen LogP contribution is -2.44. The molecule has 146 valence electrons. The van der Waals surface area contributed by atoms with Crippen molar-refractivity contribution in [1.82, 2.24) is 4.90 Å². The van der Waals surface area contributed by atoms with Gasteiger partial charge in [-0.2, -0.15) is 11.8 Å². The van der Waals surface area contributed by atoms with Crippen molar-refractivity contribution in [2.24, 2.45) is 10.7 Å². The number of hydrogen-bond donors (Lipinski definition) is 2. The van der Waals surface area contributed by atoms with Gasteiger partial charge in [0.1, 0.15) is 11.6 Å². The van der Waals surface area contributed by atoms with Crippen molar-refractivity contribution < 1.29 is 8.78 Å². The molecule has 8 heteroatoms. The van der Waals surface area contributed by atoms with Crippen LogP contribution in [0.25, 0.3) is 0 Å². The number of anilines is 1. The minimum absolute atomic E-state index is 0. The summed E-state index contributed by atoms with van der Waals surface area (Å²) in [7, 11) is 0. The first-order chi connectivity index (χ1) is 12.6. The largest absolute Gasteiger partial charge is 0.370 e. The fourth-order valence-electron chi connectivity index (χ4n) is 2.86. The van der Waals surface area contributed by atoms with E-state index in [0.717, 1.165) is 42.8 Å². The lowest BCUT2D eigenvalue weighted by molar-refractivity contribution is 0.215. The molecule has 27 heavy (non-hydrogen) atoms. The van der Waals surface area contributed by atoms with Gasteiger partial charge in [0.15, 0.2) is 5.96 Å². The predicted octanol–water partition coefficient (Wildman–Crippen LogP) is 3.93. The molecular weight excluding hydrogens is 481 g/mol. The number of rotatable bonds is 5. The Balaban J connectivity index is 0.00000261. The van der Waals surface area contributed by atoms with Gasteiger partial charge in [-0.05, 0) is 17.7 Å². The Bertz CT molecular complexity index is 761.